The lowest BCUT2D eigenvalue weighted by Gasteiger charge is -2.06. The number of hydrogen-bond acceptors (Lipinski definition) is 2. The third-order valence-corrected chi connectivity index (χ3v) is 4.34. The van der Waals surface area contributed by atoms with Crippen LogP contribution in [0, 0.1) is 0 Å². The van der Waals surface area contributed by atoms with E-state index < -0.39 is 9.73 Å². The van der Waals surface area contributed by atoms with Gasteiger partial charge in [-0.05, 0) is 26.0 Å². The maximum atomic E-state index is 12.4. The van der Waals surface area contributed by atoms with Crippen LogP contribution in [0.5, 0.6) is 0 Å². The average Bonchev–Trinajstić information content (AvgIpc) is 2.27. The van der Waals surface area contributed by atoms with E-state index >= 15 is 0 Å². The Labute approximate surface area is 92.2 Å². The predicted octanol–water partition coefficient (Wildman–Crippen LogP) is 3.11. The van der Waals surface area contributed by atoms with Gasteiger partial charge in [-0.1, -0.05) is 29.8 Å². The van der Waals surface area contributed by atoms with Crippen LogP contribution in [-0.4, -0.2) is 17.0 Å². The van der Waals surface area contributed by atoms with Gasteiger partial charge in [0.25, 0.3) is 0 Å². The summed E-state index contributed by atoms with van der Waals surface area (Å²) >= 11 is 0. The maximum Gasteiger partial charge on any atom is 0.0785 e. The Morgan fingerprint density at radius 2 is 1.93 bits per heavy atom. The van der Waals surface area contributed by atoms with Crippen LogP contribution in [0.3, 0.4) is 0 Å². The molecule has 0 aliphatic rings. The van der Waals surface area contributed by atoms with E-state index in [9.17, 15) is 4.21 Å². The highest BCUT2D eigenvalue weighted by molar-refractivity contribution is 7.93. The van der Waals surface area contributed by atoms with Crippen LogP contribution in [0.1, 0.15) is 13.8 Å². The lowest BCUT2D eigenvalue weighted by molar-refractivity contribution is 0.678. The second kappa shape index (κ2) is 5.12. The van der Waals surface area contributed by atoms with Crippen molar-refractivity contribution in [1.82, 2.24) is 0 Å². The highest BCUT2D eigenvalue weighted by Gasteiger charge is 2.08. The van der Waals surface area contributed by atoms with Gasteiger partial charge in [-0.25, -0.2) is 8.57 Å². The van der Waals surface area contributed by atoms with Crippen molar-refractivity contribution in [3.05, 3.63) is 42.0 Å². The minimum atomic E-state index is -2.25. The number of hydrogen-bond donors (Lipinski definition) is 0. The minimum Gasteiger partial charge on any atom is -0.244 e. The van der Waals surface area contributed by atoms with Crippen molar-refractivity contribution in [2.75, 3.05) is 12.8 Å². The lowest BCUT2D eigenvalue weighted by atomic mass is 10.3. The topological polar surface area (TPSA) is 29.4 Å². The van der Waals surface area contributed by atoms with Gasteiger partial charge < -0.3 is 0 Å². The van der Waals surface area contributed by atoms with Gasteiger partial charge in [-0.15, -0.1) is 0 Å². The predicted molar refractivity (Wildman–Crippen MR) is 65.5 cm³/mol. The first-order chi connectivity index (χ1) is 7.08. The van der Waals surface area contributed by atoms with Gasteiger partial charge in [0.1, 0.15) is 0 Å². The molecule has 0 unspecified atom stereocenters. The molecule has 2 nitrogen and oxygen atoms in total. The second-order valence-electron chi connectivity index (χ2n) is 3.58. The summed E-state index contributed by atoms with van der Waals surface area (Å²) in [4.78, 5) is 0.810. The summed E-state index contributed by atoms with van der Waals surface area (Å²) < 4.78 is 16.5. The monoisotopic (exact) mass is 223 g/mol. The Morgan fingerprint density at radius 1 is 1.33 bits per heavy atom. The highest BCUT2D eigenvalue weighted by Crippen LogP contribution is 2.13. The summed E-state index contributed by atoms with van der Waals surface area (Å²) in [5.74, 6) is 0.496. The second-order valence-corrected chi connectivity index (χ2v) is 6.03. The Bertz CT molecular complexity index is 450. The van der Waals surface area contributed by atoms with Crippen molar-refractivity contribution < 1.29 is 4.21 Å². The smallest absolute Gasteiger partial charge is 0.0785 e. The van der Waals surface area contributed by atoms with E-state index in [1.165, 1.54) is 5.57 Å². The molecule has 0 saturated heterocycles. The molecule has 82 valence electrons. The molecule has 0 aromatic heterocycles. The van der Waals surface area contributed by atoms with Crippen molar-refractivity contribution in [2.45, 2.75) is 18.7 Å². The third kappa shape index (κ3) is 3.20. The lowest BCUT2D eigenvalue weighted by Crippen LogP contribution is -2.04. The first kappa shape index (κ1) is 12.0. The van der Waals surface area contributed by atoms with Gasteiger partial charge in [-0.3, -0.25) is 0 Å². The summed E-state index contributed by atoms with van der Waals surface area (Å²) in [6, 6.07) is 9.44. The van der Waals surface area contributed by atoms with E-state index in [1.54, 1.807) is 7.05 Å². The normalized spacial score (nSPS) is 14.1. The van der Waals surface area contributed by atoms with Gasteiger partial charge >= 0.3 is 0 Å². The zero-order chi connectivity index (χ0) is 11.3. The highest BCUT2D eigenvalue weighted by atomic mass is 32.2. The van der Waals surface area contributed by atoms with Crippen molar-refractivity contribution >= 4 is 9.73 Å². The van der Waals surface area contributed by atoms with Gasteiger partial charge in [0.15, 0.2) is 0 Å². The van der Waals surface area contributed by atoms with E-state index in [0.29, 0.717) is 5.75 Å². The molecule has 1 rings (SSSR count). The van der Waals surface area contributed by atoms with Gasteiger partial charge in [0.2, 0.25) is 0 Å². The van der Waals surface area contributed by atoms with Gasteiger partial charge in [-0.2, -0.15) is 0 Å². The molecule has 0 spiro atoms. The first-order valence-corrected chi connectivity index (χ1v) is 6.58. The molecule has 0 fully saturated rings. The fourth-order valence-corrected chi connectivity index (χ4v) is 2.88. The molecular formula is C12H17NOS. The molecule has 1 atom stereocenters. The summed E-state index contributed by atoms with van der Waals surface area (Å²) in [5, 5.41) is 0. The zero-order valence-electron chi connectivity index (χ0n) is 9.43. The van der Waals surface area contributed by atoms with Gasteiger partial charge in [0, 0.05) is 11.9 Å². The Morgan fingerprint density at radius 3 is 2.40 bits per heavy atom. The van der Waals surface area contributed by atoms with Crippen molar-refractivity contribution in [2.24, 2.45) is 4.36 Å². The molecule has 1 aromatic rings. The zero-order valence-corrected chi connectivity index (χ0v) is 10.3. The molecule has 0 heterocycles. The molecule has 15 heavy (non-hydrogen) atoms. The van der Waals surface area contributed by atoms with E-state index in [2.05, 4.69) is 4.36 Å². The van der Waals surface area contributed by atoms with Crippen molar-refractivity contribution in [1.29, 1.82) is 0 Å². The largest absolute Gasteiger partial charge is 0.244 e. The molecule has 0 aliphatic carbocycles. The fourth-order valence-electron chi connectivity index (χ4n) is 1.19. The average molecular weight is 223 g/mol. The quantitative estimate of drug-likeness (QED) is 0.724. The molecule has 0 saturated carbocycles. The van der Waals surface area contributed by atoms with E-state index in [0.717, 1.165) is 4.90 Å². The fraction of sp³-hybridized carbons (Fsp3) is 0.333. The SMILES string of the molecule is CN=[S@@](=O)(CC=C(C)C)c1ccccc1. The molecule has 0 N–H and O–H groups in total. The number of benzene rings is 1. The first-order valence-electron chi connectivity index (χ1n) is 4.90. The summed E-state index contributed by atoms with van der Waals surface area (Å²) in [7, 11) is -0.633. The summed E-state index contributed by atoms with van der Waals surface area (Å²) in [5.41, 5.74) is 1.17. The van der Waals surface area contributed by atoms with E-state index in [-0.39, 0.29) is 0 Å². The Hall–Kier alpha value is -1.09. The molecule has 0 radical (unpaired) electrons. The standard InChI is InChI=1S/C12H17NOS/c1-11(2)9-10-15(14,13-3)12-7-5-4-6-8-12/h4-9H,10H2,1-3H3/t15-/m1/s1. The number of allylic oxidation sites excluding steroid dienone is 1. The third-order valence-electron chi connectivity index (χ3n) is 2.12. The number of nitrogens with zero attached hydrogens (tertiary/aromatic N) is 1. The molecule has 3 heteroatoms. The van der Waals surface area contributed by atoms with Crippen LogP contribution in [0.2, 0.25) is 0 Å². The van der Waals surface area contributed by atoms with Crippen LogP contribution in [0.15, 0.2) is 51.2 Å². The van der Waals surface area contributed by atoms with Crippen LogP contribution in [-0.2, 0) is 9.73 Å². The van der Waals surface area contributed by atoms with Crippen molar-refractivity contribution in [3.63, 3.8) is 0 Å². The van der Waals surface area contributed by atoms with Crippen molar-refractivity contribution in [3.8, 4) is 0 Å². The molecular weight excluding hydrogens is 206 g/mol. The summed E-state index contributed by atoms with van der Waals surface area (Å²) in [6.45, 7) is 4.00. The van der Waals surface area contributed by atoms with Crippen LogP contribution < -0.4 is 0 Å². The molecule has 0 aliphatic heterocycles. The molecule has 0 bridgehead atoms. The molecule has 0 amide bonds. The summed E-state index contributed by atoms with van der Waals surface area (Å²) in [6.07, 6.45) is 1.97. The van der Waals surface area contributed by atoms with Crippen LogP contribution in [0.25, 0.3) is 0 Å². The maximum absolute atomic E-state index is 12.4. The number of rotatable bonds is 3. The van der Waals surface area contributed by atoms with Crippen LogP contribution in [0.4, 0.5) is 0 Å². The Kier molecular flexibility index (Phi) is 4.09. The van der Waals surface area contributed by atoms with Gasteiger partial charge in [0.05, 0.1) is 15.5 Å². The minimum absolute atomic E-state index is 0.496. The Balaban J connectivity index is 3.09. The van der Waals surface area contributed by atoms with Crippen LogP contribution >= 0.6 is 0 Å². The molecule has 1 aromatic carbocycles. The van der Waals surface area contributed by atoms with E-state index in [1.807, 2.05) is 50.3 Å². The van der Waals surface area contributed by atoms with E-state index in [4.69, 9.17) is 0 Å².